The van der Waals surface area contributed by atoms with E-state index in [0.717, 1.165) is 87.2 Å². The Bertz CT molecular complexity index is 7570. The van der Waals surface area contributed by atoms with Crippen LogP contribution in [0.15, 0.2) is 364 Å². The van der Waals surface area contributed by atoms with Crippen molar-refractivity contribution in [1.29, 1.82) is 0 Å². The number of aromatic nitrogens is 2. The van der Waals surface area contributed by atoms with Crippen LogP contribution in [0.4, 0.5) is 34.1 Å². The molecule has 8 bridgehead atoms. The average Bonchev–Trinajstić information content (AvgIpc) is 1.46. The third-order valence-electron chi connectivity index (χ3n) is 31.1. The summed E-state index contributed by atoms with van der Waals surface area (Å²) in [6, 6.07) is 138. The Morgan fingerprint density at radius 1 is 0.221 bits per heavy atom. The van der Waals surface area contributed by atoms with Gasteiger partial charge in [0.05, 0.1) is 22.1 Å². The van der Waals surface area contributed by atoms with Crippen LogP contribution in [0.5, 0.6) is 0 Å². The van der Waals surface area contributed by atoms with Gasteiger partial charge in [0.2, 0.25) is 0 Å². The van der Waals surface area contributed by atoms with E-state index in [0.29, 0.717) is 0 Å². The molecule has 30 rings (SSSR count). The van der Waals surface area contributed by atoms with E-state index < -0.39 is 0 Å². The van der Waals surface area contributed by atoms with Gasteiger partial charge in [0.15, 0.2) is 0 Å². The molecule has 4 aromatic heterocycles. The number of fused-ring (bicyclic) bond motifs is 18. The van der Waals surface area contributed by atoms with E-state index in [1.165, 1.54) is 198 Å². The zero-order chi connectivity index (χ0) is 79.6. The molecular formula is C116H88N4S2. The maximum Gasteiger partial charge on any atom is 0.0561 e. The topological polar surface area (TPSA) is 16.3 Å². The molecule has 122 heavy (non-hydrogen) atoms. The molecule has 0 aliphatic heterocycles. The van der Waals surface area contributed by atoms with Crippen LogP contribution in [0.1, 0.15) is 86.5 Å². The Hall–Kier alpha value is -12.8. The minimum Gasteiger partial charge on any atom is -0.310 e. The number of rotatable bonds is 10. The number of nitrogens with zero attached hydrogens (tertiary/aromatic N) is 4. The summed E-state index contributed by atoms with van der Waals surface area (Å²) in [5.74, 6) is 6.78. The van der Waals surface area contributed by atoms with Crippen molar-refractivity contribution < 1.29 is 0 Å². The highest BCUT2D eigenvalue weighted by molar-refractivity contribution is 7.26. The first kappa shape index (κ1) is 69.9. The minimum atomic E-state index is 0.165. The van der Waals surface area contributed by atoms with E-state index in [1.54, 1.807) is 22.3 Å². The van der Waals surface area contributed by atoms with E-state index in [-0.39, 0.29) is 10.8 Å². The first-order valence-corrected chi connectivity index (χ1v) is 46.3. The van der Waals surface area contributed by atoms with Crippen LogP contribution in [0.25, 0.3) is 140 Å². The third-order valence-corrected chi connectivity index (χ3v) is 33.4. The monoisotopic (exact) mass is 1600 g/mol. The fourth-order valence-corrected chi connectivity index (χ4v) is 29.2. The van der Waals surface area contributed by atoms with Gasteiger partial charge in [-0.1, -0.05) is 237 Å². The van der Waals surface area contributed by atoms with Gasteiger partial charge in [-0.2, -0.15) is 0 Å². The molecule has 16 aromatic carbocycles. The summed E-state index contributed by atoms with van der Waals surface area (Å²) < 4.78 is 10.1. The number of benzene rings is 16. The van der Waals surface area contributed by atoms with Crippen LogP contribution < -0.4 is 9.80 Å². The zero-order valence-electron chi connectivity index (χ0n) is 67.9. The number of para-hydroxylation sites is 4. The van der Waals surface area contributed by atoms with Crippen LogP contribution in [-0.4, -0.2) is 9.13 Å². The molecule has 4 heterocycles. The highest BCUT2D eigenvalue weighted by atomic mass is 32.1. The standard InChI is InChI=1S/2C58H44N2S/c1-5-15-51-50(13-1)57-45(14-9-16-52(57)58(51)39-31-36-30-37(33-39)34-40(58)32-36)38-20-22-41(23-21-38)59(44-28-29-49-48-12-4-8-19-55(48)61-56(49)35-44)42-24-26-43(27-25-42)60-53-17-6-2-10-46(53)47-11-3-7-18-54(47)60;1-2-11-41(12-3-1)60-53-19-8-5-13-46(53)47-27-25-43(34-54(47)60)59(44-26-28-49-48-14-6-9-20-55(48)61-56(49)35-44)42-23-21-38(22-24-42)45-16-10-18-52-57(45)50-15-4-7-17-51(50)58(52)39-30-36-29-37(32-39)33-40(58)31-36/h1-29,35-37,39-40H,30-34H2;1-28,34-37,39-40H,29-33H2. The molecule has 2 spiro atoms. The third kappa shape index (κ3) is 10.1. The Balaban J connectivity index is 0.000000128. The van der Waals surface area contributed by atoms with Crippen molar-refractivity contribution in [2.45, 2.75) is 75.0 Å². The predicted octanol–water partition coefficient (Wildman–Crippen LogP) is 32.0. The second-order valence-corrected chi connectivity index (χ2v) is 39.2. The largest absolute Gasteiger partial charge is 0.310 e. The van der Waals surface area contributed by atoms with Crippen LogP contribution in [0, 0.1) is 47.3 Å². The highest BCUT2D eigenvalue weighted by Gasteiger charge is 2.63. The lowest BCUT2D eigenvalue weighted by molar-refractivity contribution is -0.0399. The predicted molar refractivity (Wildman–Crippen MR) is 514 cm³/mol. The summed E-state index contributed by atoms with van der Waals surface area (Å²) >= 11 is 3.76. The molecule has 0 N–H and O–H groups in total. The summed E-state index contributed by atoms with van der Waals surface area (Å²) in [5, 5.41) is 10.4. The molecule has 0 saturated heterocycles. The summed E-state index contributed by atoms with van der Waals surface area (Å²) in [6.45, 7) is 0. The Kier molecular flexibility index (Phi) is 15.4. The molecule has 0 unspecified atom stereocenters. The van der Waals surface area contributed by atoms with Crippen molar-refractivity contribution in [2.24, 2.45) is 47.3 Å². The molecule has 10 aliphatic rings. The van der Waals surface area contributed by atoms with Gasteiger partial charge in [-0.25, -0.2) is 0 Å². The average molecular weight is 1600 g/mol. The fraction of sp³-hybridized carbons (Fsp3) is 0.172. The van der Waals surface area contributed by atoms with E-state index in [2.05, 4.69) is 383 Å². The molecule has 10 aliphatic carbocycles. The Morgan fingerprint density at radius 3 is 0.984 bits per heavy atom. The Morgan fingerprint density at radius 2 is 0.533 bits per heavy atom. The SMILES string of the molecule is c1ccc(-n2c3ccccc3c3ccc(N(c4ccc(-c5cccc6c5-c5ccccc5C65C6CC7CC(C6)CC5C7)cc4)c4ccc5c(c4)sc4ccccc45)cc32)cc1.c1ccc2c(c1)-c1c(-c3ccc(N(c4ccc(-n5c6ccccc6c6ccccc65)cc4)c4ccc5c(c4)sc4ccccc45)cc3)cccc1C21C2CC3CC(C2)CC1C3. The van der Waals surface area contributed by atoms with Crippen molar-refractivity contribution in [2.75, 3.05) is 9.80 Å². The van der Waals surface area contributed by atoms with Crippen molar-refractivity contribution in [3.8, 4) is 55.9 Å². The van der Waals surface area contributed by atoms with E-state index in [9.17, 15) is 0 Å². The second kappa shape index (κ2) is 26.8. The number of hydrogen-bond acceptors (Lipinski definition) is 4. The fourth-order valence-electron chi connectivity index (χ4n) is 27.0. The molecule has 0 amide bonds. The van der Waals surface area contributed by atoms with Crippen molar-refractivity contribution in [3.63, 3.8) is 0 Å². The van der Waals surface area contributed by atoms with Crippen molar-refractivity contribution >= 4 is 141 Å². The van der Waals surface area contributed by atoms with Gasteiger partial charge in [0.25, 0.3) is 0 Å². The lowest BCUT2D eigenvalue weighted by Gasteiger charge is -2.61. The lowest BCUT2D eigenvalue weighted by Crippen LogP contribution is -2.55. The van der Waals surface area contributed by atoms with Gasteiger partial charge in [-0.15, -0.1) is 22.7 Å². The van der Waals surface area contributed by atoms with E-state index >= 15 is 0 Å². The van der Waals surface area contributed by atoms with Gasteiger partial charge in [-0.05, 0) is 306 Å². The molecule has 20 aromatic rings. The van der Waals surface area contributed by atoms with Gasteiger partial charge >= 0.3 is 0 Å². The van der Waals surface area contributed by atoms with Crippen LogP contribution in [0.3, 0.4) is 0 Å². The molecule has 584 valence electrons. The van der Waals surface area contributed by atoms with Crippen LogP contribution in [0.2, 0.25) is 0 Å². The maximum absolute atomic E-state index is 2.52. The molecule has 6 heteroatoms. The quantitative estimate of drug-likeness (QED) is 0.136. The van der Waals surface area contributed by atoms with Crippen LogP contribution >= 0.6 is 22.7 Å². The summed E-state index contributed by atoms with van der Waals surface area (Å²) in [7, 11) is 0. The van der Waals surface area contributed by atoms with Gasteiger partial charge in [0, 0.05) is 118 Å². The Labute approximate surface area is 718 Å². The highest BCUT2D eigenvalue weighted by Crippen LogP contribution is 2.72. The summed E-state index contributed by atoms with van der Waals surface area (Å²) in [5.41, 5.74) is 32.2. The van der Waals surface area contributed by atoms with E-state index in [4.69, 9.17) is 0 Å². The molecule has 0 atom stereocenters. The van der Waals surface area contributed by atoms with E-state index in [1.807, 2.05) is 22.7 Å². The number of hydrogen-bond donors (Lipinski definition) is 0. The minimum absolute atomic E-state index is 0.165. The smallest absolute Gasteiger partial charge is 0.0561 e. The second-order valence-electron chi connectivity index (χ2n) is 37.0. The van der Waals surface area contributed by atoms with Gasteiger partial charge in [0.1, 0.15) is 0 Å². The summed E-state index contributed by atoms with van der Waals surface area (Å²) in [6.07, 6.45) is 14.2. The first-order valence-electron chi connectivity index (χ1n) is 44.7. The van der Waals surface area contributed by atoms with Gasteiger partial charge < -0.3 is 18.9 Å². The van der Waals surface area contributed by atoms with Crippen LogP contribution in [-0.2, 0) is 10.8 Å². The van der Waals surface area contributed by atoms with Crippen molar-refractivity contribution in [3.05, 3.63) is 386 Å². The first-order chi connectivity index (χ1) is 60.4. The molecular weight excluding hydrogens is 1510 g/mol. The molecule has 8 fully saturated rings. The maximum atomic E-state index is 2.52. The molecule has 8 saturated carbocycles. The zero-order valence-corrected chi connectivity index (χ0v) is 69.6. The summed E-state index contributed by atoms with van der Waals surface area (Å²) in [4.78, 5) is 4.91. The normalized spacial score (nSPS) is 22.2. The van der Waals surface area contributed by atoms with Crippen molar-refractivity contribution in [1.82, 2.24) is 9.13 Å². The number of anilines is 6. The number of thiophene rings is 2. The molecule has 0 radical (unpaired) electrons. The van der Waals surface area contributed by atoms with Gasteiger partial charge in [-0.3, -0.25) is 0 Å². The molecule has 4 nitrogen and oxygen atoms in total. The lowest BCUT2D eigenvalue weighted by atomic mass is 9.43.